The number of benzene rings is 2. The van der Waals surface area contributed by atoms with Crippen LogP contribution in [0.2, 0.25) is 5.02 Å². The molecule has 0 saturated heterocycles. The first-order valence-electron chi connectivity index (χ1n) is 5.41. The van der Waals surface area contributed by atoms with E-state index in [2.05, 4.69) is 0 Å². The van der Waals surface area contributed by atoms with Gasteiger partial charge in [0.1, 0.15) is 22.9 Å². The van der Waals surface area contributed by atoms with Gasteiger partial charge in [0.25, 0.3) is 5.91 Å². The lowest BCUT2D eigenvalue weighted by molar-refractivity contribution is 0.0994. The maximum absolute atomic E-state index is 13.5. The zero-order valence-electron chi connectivity index (χ0n) is 9.99. The van der Waals surface area contributed by atoms with E-state index < -0.39 is 23.1 Å². The zero-order chi connectivity index (χ0) is 14.9. The standard InChI is InChI=1S/C13H9ClF2N2O2/c14-6-4-11(9(17)5-8(6)16)20-10-3-1-2-7(15)12(10)13(18)19/h1-5H,17H2,(H2,18,19). The van der Waals surface area contributed by atoms with Crippen molar-refractivity contribution in [3.05, 3.63) is 52.6 Å². The van der Waals surface area contributed by atoms with Gasteiger partial charge in [-0.1, -0.05) is 17.7 Å². The molecule has 4 N–H and O–H groups in total. The first kappa shape index (κ1) is 14.1. The number of amides is 1. The fraction of sp³-hybridized carbons (Fsp3) is 0. The molecule has 0 aliphatic carbocycles. The van der Waals surface area contributed by atoms with E-state index >= 15 is 0 Å². The zero-order valence-corrected chi connectivity index (χ0v) is 10.7. The van der Waals surface area contributed by atoms with Gasteiger partial charge < -0.3 is 16.2 Å². The van der Waals surface area contributed by atoms with Crippen LogP contribution in [0.5, 0.6) is 11.5 Å². The maximum Gasteiger partial charge on any atom is 0.255 e. The molecule has 0 bridgehead atoms. The van der Waals surface area contributed by atoms with Crippen molar-refractivity contribution in [2.24, 2.45) is 5.73 Å². The Balaban J connectivity index is 2.48. The molecule has 20 heavy (non-hydrogen) atoms. The van der Waals surface area contributed by atoms with Crippen LogP contribution in [0.4, 0.5) is 14.5 Å². The quantitative estimate of drug-likeness (QED) is 0.855. The summed E-state index contributed by atoms with van der Waals surface area (Å²) in [6.07, 6.45) is 0. The van der Waals surface area contributed by atoms with Crippen LogP contribution in [0, 0.1) is 11.6 Å². The summed E-state index contributed by atoms with van der Waals surface area (Å²) in [5, 5.41) is -0.216. The maximum atomic E-state index is 13.5. The Morgan fingerprint density at radius 1 is 1.15 bits per heavy atom. The summed E-state index contributed by atoms with van der Waals surface area (Å²) >= 11 is 5.61. The minimum atomic E-state index is -0.995. The van der Waals surface area contributed by atoms with E-state index in [1.807, 2.05) is 0 Å². The number of hydrogen-bond acceptors (Lipinski definition) is 3. The lowest BCUT2D eigenvalue weighted by Gasteiger charge is -2.12. The Labute approximate surface area is 117 Å². The van der Waals surface area contributed by atoms with Crippen molar-refractivity contribution in [2.75, 3.05) is 5.73 Å². The molecule has 0 unspecified atom stereocenters. The second-order valence-electron chi connectivity index (χ2n) is 3.88. The third-order valence-corrected chi connectivity index (χ3v) is 2.78. The fourth-order valence-electron chi connectivity index (χ4n) is 1.58. The van der Waals surface area contributed by atoms with Crippen LogP contribution in [0.25, 0.3) is 0 Å². The molecule has 4 nitrogen and oxygen atoms in total. The van der Waals surface area contributed by atoms with Crippen molar-refractivity contribution in [1.29, 1.82) is 0 Å². The van der Waals surface area contributed by atoms with E-state index in [-0.39, 0.29) is 22.2 Å². The number of hydrogen-bond donors (Lipinski definition) is 2. The molecule has 0 heterocycles. The van der Waals surface area contributed by atoms with Gasteiger partial charge in [0.15, 0.2) is 5.75 Å². The van der Waals surface area contributed by atoms with E-state index in [1.165, 1.54) is 12.1 Å². The van der Waals surface area contributed by atoms with Crippen molar-refractivity contribution >= 4 is 23.2 Å². The largest absolute Gasteiger partial charge is 0.454 e. The van der Waals surface area contributed by atoms with E-state index in [9.17, 15) is 13.6 Å². The second kappa shape index (κ2) is 5.34. The minimum absolute atomic E-state index is 0.00972. The summed E-state index contributed by atoms with van der Waals surface area (Å²) in [6.45, 7) is 0. The molecule has 104 valence electrons. The highest BCUT2D eigenvalue weighted by Crippen LogP contribution is 2.34. The van der Waals surface area contributed by atoms with Crippen molar-refractivity contribution in [3.63, 3.8) is 0 Å². The molecule has 7 heteroatoms. The highest BCUT2D eigenvalue weighted by atomic mass is 35.5. The summed E-state index contributed by atoms with van der Waals surface area (Å²) in [7, 11) is 0. The molecule has 2 aromatic rings. The van der Waals surface area contributed by atoms with Gasteiger partial charge in [0.2, 0.25) is 0 Å². The number of primary amides is 1. The minimum Gasteiger partial charge on any atom is -0.454 e. The molecule has 0 aliphatic rings. The monoisotopic (exact) mass is 298 g/mol. The van der Waals surface area contributed by atoms with Crippen LogP contribution >= 0.6 is 11.6 Å². The third-order valence-electron chi connectivity index (χ3n) is 2.49. The van der Waals surface area contributed by atoms with Crippen LogP contribution in [-0.2, 0) is 0 Å². The molecular weight excluding hydrogens is 290 g/mol. The van der Waals surface area contributed by atoms with E-state index in [0.29, 0.717) is 0 Å². The fourth-order valence-corrected chi connectivity index (χ4v) is 1.73. The predicted octanol–water partition coefficient (Wildman–Crippen LogP) is 3.09. The summed E-state index contributed by atoms with van der Waals surface area (Å²) < 4.78 is 32.0. The number of carbonyl (C=O) groups excluding carboxylic acids is 1. The second-order valence-corrected chi connectivity index (χ2v) is 4.29. The first-order valence-corrected chi connectivity index (χ1v) is 5.78. The van der Waals surface area contributed by atoms with Crippen molar-refractivity contribution in [1.82, 2.24) is 0 Å². The number of carbonyl (C=O) groups is 1. The molecular formula is C13H9ClF2N2O2. The van der Waals surface area contributed by atoms with E-state index in [4.69, 9.17) is 27.8 Å². The predicted molar refractivity (Wildman–Crippen MR) is 70.8 cm³/mol. The highest BCUT2D eigenvalue weighted by Gasteiger charge is 2.17. The average molecular weight is 299 g/mol. The van der Waals surface area contributed by atoms with Gasteiger partial charge in [0, 0.05) is 12.1 Å². The number of ether oxygens (including phenoxy) is 1. The van der Waals surface area contributed by atoms with Crippen molar-refractivity contribution in [3.8, 4) is 11.5 Å². The van der Waals surface area contributed by atoms with E-state index in [0.717, 1.165) is 18.2 Å². The molecule has 0 radical (unpaired) electrons. The SMILES string of the molecule is NC(=O)c1c(F)cccc1Oc1cc(Cl)c(F)cc1N. The lowest BCUT2D eigenvalue weighted by Crippen LogP contribution is -2.14. The normalized spacial score (nSPS) is 10.3. The molecule has 0 saturated carbocycles. The Kier molecular flexibility index (Phi) is 3.76. The Morgan fingerprint density at radius 3 is 2.50 bits per heavy atom. The Morgan fingerprint density at radius 2 is 1.85 bits per heavy atom. The summed E-state index contributed by atoms with van der Waals surface area (Å²) in [4.78, 5) is 11.2. The van der Waals surface area contributed by atoms with E-state index in [1.54, 1.807) is 0 Å². The summed E-state index contributed by atoms with van der Waals surface area (Å²) in [6, 6.07) is 5.81. The van der Waals surface area contributed by atoms with Crippen LogP contribution in [0.1, 0.15) is 10.4 Å². The molecule has 0 fully saturated rings. The topological polar surface area (TPSA) is 78.3 Å². The smallest absolute Gasteiger partial charge is 0.255 e. The van der Waals surface area contributed by atoms with Crippen LogP contribution in [0.15, 0.2) is 30.3 Å². The van der Waals surface area contributed by atoms with Crippen LogP contribution in [-0.4, -0.2) is 5.91 Å². The number of anilines is 1. The molecule has 1 amide bonds. The molecule has 0 atom stereocenters. The average Bonchev–Trinajstić information content (AvgIpc) is 2.35. The molecule has 0 spiro atoms. The molecule has 2 aromatic carbocycles. The van der Waals surface area contributed by atoms with Gasteiger partial charge in [-0.2, -0.15) is 0 Å². The molecule has 2 rings (SSSR count). The van der Waals surface area contributed by atoms with Gasteiger partial charge in [-0.25, -0.2) is 8.78 Å². The molecule has 0 aliphatic heterocycles. The number of nitrogen functional groups attached to an aromatic ring is 1. The van der Waals surface area contributed by atoms with Gasteiger partial charge in [-0.3, -0.25) is 4.79 Å². The highest BCUT2D eigenvalue weighted by molar-refractivity contribution is 6.31. The van der Waals surface area contributed by atoms with Crippen molar-refractivity contribution < 1.29 is 18.3 Å². The summed E-state index contributed by atoms with van der Waals surface area (Å²) in [5.41, 5.74) is 10.2. The number of nitrogens with two attached hydrogens (primary N) is 2. The Hall–Kier alpha value is -2.34. The van der Waals surface area contributed by atoms with Gasteiger partial charge in [-0.05, 0) is 12.1 Å². The number of halogens is 3. The number of rotatable bonds is 3. The van der Waals surface area contributed by atoms with Gasteiger partial charge in [0.05, 0.1) is 10.7 Å². The third kappa shape index (κ3) is 2.65. The summed E-state index contributed by atoms with van der Waals surface area (Å²) in [5.74, 6) is -2.69. The Bertz CT molecular complexity index is 692. The van der Waals surface area contributed by atoms with Gasteiger partial charge in [-0.15, -0.1) is 0 Å². The van der Waals surface area contributed by atoms with Crippen molar-refractivity contribution in [2.45, 2.75) is 0 Å². The van der Waals surface area contributed by atoms with Crippen LogP contribution < -0.4 is 16.2 Å². The lowest BCUT2D eigenvalue weighted by atomic mass is 10.1. The van der Waals surface area contributed by atoms with Gasteiger partial charge >= 0.3 is 0 Å². The molecule has 0 aromatic heterocycles. The van der Waals surface area contributed by atoms with Crippen LogP contribution in [0.3, 0.4) is 0 Å². The first-order chi connectivity index (χ1) is 9.40.